The SMILES string of the molecule is Nc1nccnc1C(=O)N(CCc1ccccc1)C1CCOC1. The Kier molecular flexibility index (Phi) is 4.83. The van der Waals surface area contributed by atoms with E-state index in [1.807, 2.05) is 23.1 Å². The summed E-state index contributed by atoms with van der Waals surface area (Å²) in [6, 6.07) is 10.2. The lowest BCUT2D eigenvalue weighted by Crippen LogP contribution is -2.42. The van der Waals surface area contributed by atoms with Crippen molar-refractivity contribution in [3.05, 3.63) is 54.0 Å². The van der Waals surface area contributed by atoms with Gasteiger partial charge in [-0.25, -0.2) is 9.97 Å². The molecule has 120 valence electrons. The highest BCUT2D eigenvalue weighted by Crippen LogP contribution is 2.18. The molecule has 0 saturated carbocycles. The van der Waals surface area contributed by atoms with Crippen LogP contribution in [-0.2, 0) is 11.2 Å². The number of carbonyl (C=O) groups is 1. The molecule has 1 aromatic carbocycles. The summed E-state index contributed by atoms with van der Waals surface area (Å²) >= 11 is 0. The maximum atomic E-state index is 12.9. The van der Waals surface area contributed by atoms with E-state index >= 15 is 0 Å². The number of benzene rings is 1. The van der Waals surface area contributed by atoms with Gasteiger partial charge in [0.25, 0.3) is 5.91 Å². The standard InChI is InChI=1S/C17H20N4O2/c18-16-15(19-8-9-20-16)17(22)21(14-7-11-23-12-14)10-6-13-4-2-1-3-5-13/h1-5,8-9,14H,6-7,10-12H2,(H2,18,20). The van der Waals surface area contributed by atoms with Crippen LogP contribution in [0.4, 0.5) is 5.82 Å². The van der Waals surface area contributed by atoms with Gasteiger partial charge in [-0.15, -0.1) is 0 Å². The smallest absolute Gasteiger partial charge is 0.276 e. The highest BCUT2D eigenvalue weighted by Gasteiger charge is 2.29. The first-order chi connectivity index (χ1) is 11.3. The van der Waals surface area contributed by atoms with Crippen molar-refractivity contribution in [1.82, 2.24) is 14.9 Å². The fraction of sp³-hybridized carbons (Fsp3) is 0.353. The summed E-state index contributed by atoms with van der Waals surface area (Å²) < 4.78 is 5.45. The first-order valence-corrected chi connectivity index (χ1v) is 7.75. The fourth-order valence-electron chi connectivity index (χ4n) is 2.76. The molecule has 1 fully saturated rings. The predicted octanol–water partition coefficient (Wildman–Crippen LogP) is 1.53. The van der Waals surface area contributed by atoms with Crippen LogP contribution < -0.4 is 5.73 Å². The Labute approximate surface area is 135 Å². The minimum Gasteiger partial charge on any atom is -0.382 e. The van der Waals surface area contributed by atoms with Gasteiger partial charge in [0.1, 0.15) is 0 Å². The zero-order valence-corrected chi connectivity index (χ0v) is 12.9. The van der Waals surface area contributed by atoms with Crippen LogP contribution in [0, 0.1) is 0 Å². The Morgan fingerprint density at radius 1 is 1.26 bits per heavy atom. The lowest BCUT2D eigenvalue weighted by atomic mass is 10.1. The lowest BCUT2D eigenvalue weighted by molar-refractivity contribution is 0.0651. The minimum atomic E-state index is -0.179. The molecule has 1 aromatic heterocycles. The van der Waals surface area contributed by atoms with Crippen LogP contribution in [0.25, 0.3) is 0 Å². The van der Waals surface area contributed by atoms with Crippen molar-refractivity contribution in [3.8, 4) is 0 Å². The molecule has 2 heterocycles. The molecule has 1 atom stereocenters. The van der Waals surface area contributed by atoms with Crippen LogP contribution in [0.5, 0.6) is 0 Å². The van der Waals surface area contributed by atoms with Crippen LogP contribution in [0.2, 0.25) is 0 Å². The average Bonchev–Trinajstić information content (AvgIpc) is 3.10. The van der Waals surface area contributed by atoms with E-state index in [1.54, 1.807) is 0 Å². The van der Waals surface area contributed by atoms with E-state index in [-0.39, 0.29) is 23.5 Å². The summed E-state index contributed by atoms with van der Waals surface area (Å²) in [6.07, 6.45) is 4.59. The average molecular weight is 312 g/mol. The molecule has 6 nitrogen and oxygen atoms in total. The number of aromatic nitrogens is 2. The number of hydrogen-bond donors (Lipinski definition) is 1. The third kappa shape index (κ3) is 3.65. The summed E-state index contributed by atoms with van der Waals surface area (Å²) in [5, 5.41) is 0. The van der Waals surface area contributed by atoms with Gasteiger partial charge in [0.05, 0.1) is 12.6 Å². The van der Waals surface area contributed by atoms with Crippen molar-refractivity contribution in [2.45, 2.75) is 18.9 Å². The molecule has 0 radical (unpaired) electrons. The number of rotatable bonds is 5. The van der Waals surface area contributed by atoms with Gasteiger partial charge in [0, 0.05) is 25.5 Å². The van der Waals surface area contributed by atoms with E-state index < -0.39 is 0 Å². The van der Waals surface area contributed by atoms with Gasteiger partial charge in [-0.05, 0) is 18.4 Å². The van der Waals surface area contributed by atoms with Gasteiger partial charge in [0.2, 0.25) is 0 Å². The molecule has 2 N–H and O–H groups in total. The second-order valence-corrected chi connectivity index (χ2v) is 5.54. The number of ether oxygens (including phenoxy) is 1. The fourth-order valence-corrected chi connectivity index (χ4v) is 2.76. The molecule has 23 heavy (non-hydrogen) atoms. The third-order valence-corrected chi connectivity index (χ3v) is 4.02. The maximum Gasteiger partial charge on any atom is 0.276 e. The van der Waals surface area contributed by atoms with Gasteiger partial charge in [-0.2, -0.15) is 0 Å². The zero-order valence-electron chi connectivity index (χ0n) is 12.9. The molecular formula is C17H20N4O2. The Balaban J connectivity index is 1.78. The number of nitrogens with zero attached hydrogens (tertiary/aromatic N) is 3. The number of carbonyl (C=O) groups excluding carboxylic acids is 1. The van der Waals surface area contributed by atoms with Crippen molar-refractivity contribution in [1.29, 1.82) is 0 Å². The van der Waals surface area contributed by atoms with Gasteiger partial charge in [-0.3, -0.25) is 4.79 Å². The lowest BCUT2D eigenvalue weighted by Gasteiger charge is -2.28. The molecular weight excluding hydrogens is 292 g/mol. The third-order valence-electron chi connectivity index (χ3n) is 4.02. The monoisotopic (exact) mass is 312 g/mol. The molecule has 1 aliphatic heterocycles. The molecule has 0 spiro atoms. The van der Waals surface area contributed by atoms with Crippen LogP contribution in [0.1, 0.15) is 22.5 Å². The van der Waals surface area contributed by atoms with E-state index in [4.69, 9.17) is 10.5 Å². The highest BCUT2D eigenvalue weighted by molar-refractivity contribution is 5.96. The number of amides is 1. The van der Waals surface area contributed by atoms with Crippen molar-refractivity contribution in [2.24, 2.45) is 0 Å². The maximum absolute atomic E-state index is 12.9. The second kappa shape index (κ2) is 7.19. The second-order valence-electron chi connectivity index (χ2n) is 5.54. The van der Waals surface area contributed by atoms with Crippen molar-refractivity contribution >= 4 is 11.7 Å². The normalized spacial score (nSPS) is 17.1. The summed E-state index contributed by atoms with van der Waals surface area (Å²) in [7, 11) is 0. The Bertz CT molecular complexity index is 657. The Morgan fingerprint density at radius 2 is 2.04 bits per heavy atom. The van der Waals surface area contributed by atoms with Gasteiger partial charge in [-0.1, -0.05) is 30.3 Å². The Hall–Kier alpha value is -2.47. The Morgan fingerprint density at radius 3 is 2.74 bits per heavy atom. The molecule has 1 unspecified atom stereocenters. The molecule has 0 bridgehead atoms. The molecule has 3 rings (SSSR count). The van der Waals surface area contributed by atoms with E-state index in [1.165, 1.54) is 18.0 Å². The largest absolute Gasteiger partial charge is 0.382 e. The van der Waals surface area contributed by atoms with E-state index in [9.17, 15) is 4.79 Å². The van der Waals surface area contributed by atoms with E-state index in [2.05, 4.69) is 22.1 Å². The molecule has 0 aliphatic carbocycles. The molecule has 1 saturated heterocycles. The minimum absolute atomic E-state index is 0.0626. The van der Waals surface area contributed by atoms with E-state index in [0.717, 1.165) is 12.8 Å². The van der Waals surface area contributed by atoms with Crippen LogP contribution in [0.3, 0.4) is 0 Å². The number of hydrogen-bond acceptors (Lipinski definition) is 5. The van der Waals surface area contributed by atoms with Crippen molar-refractivity contribution in [2.75, 3.05) is 25.5 Å². The van der Waals surface area contributed by atoms with Gasteiger partial charge < -0.3 is 15.4 Å². The van der Waals surface area contributed by atoms with Crippen LogP contribution >= 0.6 is 0 Å². The quantitative estimate of drug-likeness (QED) is 0.905. The van der Waals surface area contributed by atoms with Crippen LogP contribution in [0.15, 0.2) is 42.7 Å². The number of nitrogens with two attached hydrogens (primary N) is 1. The van der Waals surface area contributed by atoms with Crippen molar-refractivity contribution < 1.29 is 9.53 Å². The molecule has 1 aliphatic rings. The first kappa shape index (κ1) is 15.4. The molecule has 2 aromatic rings. The summed E-state index contributed by atoms with van der Waals surface area (Å²) in [5.41, 5.74) is 7.22. The summed E-state index contributed by atoms with van der Waals surface area (Å²) in [4.78, 5) is 22.8. The first-order valence-electron chi connectivity index (χ1n) is 7.75. The molecule has 1 amide bonds. The highest BCUT2D eigenvalue weighted by atomic mass is 16.5. The zero-order chi connectivity index (χ0) is 16.1. The van der Waals surface area contributed by atoms with Gasteiger partial charge >= 0.3 is 0 Å². The summed E-state index contributed by atoms with van der Waals surface area (Å²) in [5.74, 6) is -0.0110. The predicted molar refractivity (Wildman–Crippen MR) is 86.9 cm³/mol. The van der Waals surface area contributed by atoms with E-state index in [0.29, 0.717) is 19.8 Å². The topological polar surface area (TPSA) is 81.3 Å². The molecule has 6 heteroatoms. The van der Waals surface area contributed by atoms with Crippen molar-refractivity contribution in [3.63, 3.8) is 0 Å². The van der Waals surface area contributed by atoms with Crippen LogP contribution in [-0.4, -0.2) is 46.6 Å². The number of anilines is 1. The van der Waals surface area contributed by atoms with Gasteiger partial charge in [0.15, 0.2) is 11.5 Å². The summed E-state index contributed by atoms with van der Waals surface area (Å²) in [6.45, 7) is 1.84. The number of nitrogen functional groups attached to an aromatic ring is 1.